The zero-order valence-electron chi connectivity index (χ0n) is 16.8. The van der Waals surface area contributed by atoms with E-state index in [-0.39, 0.29) is 30.0 Å². The Morgan fingerprint density at radius 1 is 1.21 bits per heavy atom. The van der Waals surface area contributed by atoms with Gasteiger partial charge in [-0.1, -0.05) is 44.2 Å². The summed E-state index contributed by atoms with van der Waals surface area (Å²) in [6, 6.07) is 11.9. The van der Waals surface area contributed by atoms with Gasteiger partial charge in [-0.2, -0.15) is 5.10 Å². The van der Waals surface area contributed by atoms with Gasteiger partial charge in [0.25, 0.3) is 5.56 Å². The standard InChI is InChI=1S/C22H26N4O3/c1-15(2)21-24-26(14-20(27)23-18-8-10-29-11-9-18)22(28)19-12-17(13-25(19)21)16-6-4-3-5-7-16/h3-7,12-13,15,18H,8-11,14H2,1-2H3,(H,23,27). The van der Waals surface area contributed by atoms with Gasteiger partial charge < -0.3 is 10.1 Å². The third-order valence-corrected chi connectivity index (χ3v) is 5.25. The van der Waals surface area contributed by atoms with Gasteiger partial charge in [0.05, 0.1) is 0 Å². The molecule has 0 spiro atoms. The van der Waals surface area contributed by atoms with Gasteiger partial charge >= 0.3 is 0 Å². The molecule has 0 unspecified atom stereocenters. The van der Waals surface area contributed by atoms with Gasteiger partial charge in [0, 0.05) is 36.9 Å². The minimum absolute atomic E-state index is 0.0851. The molecule has 1 N–H and O–H groups in total. The van der Waals surface area contributed by atoms with E-state index < -0.39 is 0 Å². The zero-order chi connectivity index (χ0) is 20.4. The third kappa shape index (κ3) is 4.10. The maximum Gasteiger partial charge on any atom is 0.291 e. The zero-order valence-corrected chi connectivity index (χ0v) is 16.8. The second-order valence-electron chi connectivity index (χ2n) is 7.78. The van der Waals surface area contributed by atoms with Gasteiger partial charge in [-0.05, 0) is 24.5 Å². The topological polar surface area (TPSA) is 77.6 Å². The molecule has 4 rings (SSSR count). The van der Waals surface area contributed by atoms with Crippen LogP contribution in [0.5, 0.6) is 0 Å². The lowest BCUT2D eigenvalue weighted by molar-refractivity contribution is -0.123. The van der Waals surface area contributed by atoms with E-state index in [2.05, 4.69) is 10.4 Å². The van der Waals surface area contributed by atoms with Crippen molar-refractivity contribution in [1.82, 2.24) is 19.5 Å². The monoisotopic (exact) mass is 394 g/mol. The molecular weight excluding hydrogens is 368 g/mol. The van der Waals surface area contributed by atoms with Crippen LogP contribution in [0, 0.1) is 0 Å². The van der Waals surface area contributed by atoms with Crippen LogP contribution in [0.4, 0.5) is 0 Å². The maximum absolute atomic E-state index is 13.1. The Hall–Kier alpha value is -2.93. The van der Waals surface area contributed by atoms with Crippen LogP contribution in [0.15, 0.2) is 47.4 Å². The molecule has 1 saturated heterocycles. The van der Waals surface area contributed by atoms with Crippen LogP contribution >= 0.6 is 0 Å². The highest BCUT2D eigenvalue weighted by molar-refractivity contribution is 5.76. The molecule has 1 aliphatic rings. The van der Waals surface area contributed by atoms with Crippen molar-refractivity contribution >= 4 is 11.4 Å². The molecule has 1 aromatic carbocycles. The van der Waals surface area contributed by atoms with Crippen LogP contribution < -0.4 is 10.9 Å². The first kappa shape index (κ1) is 19.4. The Morgan fingerprint density at radius 3 is 2.62 bits per heavy atom. The fraction of sp³-hybridized carbons (Fsp3) is 0.409. The summed E-state index contributed by atoms with van der Waals surface area (Å²) in [5.74, 6) is 0.653. The van der Waals surface area contributed by atoms with E-state index in [0.717, 1.165) is 29.8 Å². The lowest BCUT2D eigenvalue weighted by atomic mass is 10.1. The van der Waals surface area contributed by atoms with Gasteiger partial charge in [0.15, 0.2) is 0 Å². The van der Waals surface area contributed by atoms with Crippen LogP contribution in [0.2, 0.25) is 0 Å². The molecule has 29 heavy (non-hydrogen) atoms. The van der Waals surface area contributed by atoms with E-state index in [1.54, 1.807) is 0 Å². The first-order chi connectivity index (χ1) is 14.0. The molecule has 0 bridgehead atoms. The Balaban J connectivity index is 1.68. The SMILES string of the molecule is CC(C)c1nn(CC(=O)NC2CCOCC2)c(=O)c2cc(-c3ccccc3)cn12. The molecule has 152 valence electrons. The van der Waals surface area contributed by atoms with Crippen LogP contribution in [-0.2, 0) is 16.1 Å². The Bertz CT molecular complexity index is 1060. The number of amides is 1. The summed E-state index contributed by atoms with van der Waals surface area (Å²) in [6.45, 7) is 5.28. The molecule has 0 atom stereocenters. The molecule has 3 aromatic rings. The molecule has 1 fully saturated rings. The summed E-state index contributed by atoms with van der Waals surface area (Å²) < 4.78 is 8.46. The minimum Gasteiger partial charge on any atom is -0.381 e. The number of nitrogens with zero attached hydrogens (tertiary/aromatic N) is 3. The average Bonchev–Trinajstić information content (AvgIpc) is 3.17. The molecule has 3 heterocycles. The number of benzene rings is 1. The molecule has 1 aliphatic heterocycles. The second kappa shape index (κ2) is 8.21. The fourth-order valence-electron chi connectivity index (χ4n) is 3.71. The lowest BCUT2D eigenvalue weighted by Crippen LogP contribution is -2.42. The predicted octanol–water partition coefficient (Wildman–Crippen LogP) is 2.58. The third-order valence-electron chi connectivity index (χ3n) is 5.25. The number of carbonyl (C=O) groups is 1. The summed E-state index contributed by atoms with van der Waals surface area (Å²) in [5, 5.41) is 7.52. The summed E-state index contributed by atoms with van der Waals surface area (Å²) in [4.78, 5) is 25.6. The van der Waals surface area contributed by atoms with Gasteiger partial charge in [-0.25, -0.2) is 4.68 Å². The molecule has 7 heteroatoms. The predicted molar refractivity (Wildman–Crippen MR) is 111 cm³/mol. The second-order valence-corrected chi connectivity index (χ2v) is 7.78. The molecular formula is C22H26N4O3. The fourth-order valence-corrected chi connectivity index (χ4v) is 3.71. The number of aromatic nitrogens is 3. The first-order valence-corrected chi connectivity index (χ1v) is 10.1. The van der Waals surface area contributed by atoms with E-state index in [1.165, 1.54) is 4.68 Å². The number of fused-ring (bicyclic) bond motifs is 1. The maximum atomic E-state index is 13.1. The van der Waals surface area contributed by atoms with Crippen molar-refractivity contribution in [2.24, 2.45) is 0 Å². The van der Waals surface area contributed by atoms with E-state index >= 15 is 0 Å². The summed E-state index contributed by atoms with van der Waals surface area (Å²) in [6.07, 6.45) is 3.54. The van der Waals surface area contributed by atoms with Gasteiger partial charge in [-0.15, -0.1) is 0 Å². The van der Waals surface area contributed by atoms with Crippen LogP contribution in [0.1, 0.15) is 38.4 Å². The molecule has 1 amide bonds. The van der Waals surface area contributed by atoms with Crippen molar-refractivity contribution in [3.8, 4) is 11.1 Å². The number of nitrogens with one attached hydrogen (secondary N) is 1. The Labute approximate surface area is 169 Å². The van der Waals surface area contributed by atoms with Gasteiger partial charge in [0.2, 0.25) is 5.91 Å². The number of ether oxygens (including phenoxy) is 1. The molecule has 2 aromatic heterocycles. The smallest absolute Gasteiger partial charge is 0.291 e. The average molecular weight is 394 g/mol. The molecule has 0 radical (unpaired) electrons. The van der Waals surface area contributed by atoms with E-state index in [1.807, 2.05) is 60.8 Å². The normalized spacial score (nSPS) is 15.1. The van der Waals surface area contributed by atoms with Gasteiger partial charge in [0.1, 0.15) is 17.9 Å². The minimum atomic E-state index is -0.265. The van der Waals surface area contributed by atoms with Crippen molar-refractivity contribution in [2.75, 3.05) is 13.2 Å². The van der Waals surface area contributed by atoms with Crippen molar-refractivity contribution in [1.29, 1.82) is 0 Å². The quantitative estimate of drug-likeness (QED) is 0.722. The summed E-state index contributed by atoms with van der Waals surface area (Å²) in [5.41, 5.74) is 2.25. The summed E-state index contributed by atoms with van der Waals surface area (Å²) in [7, 11) is 0. The molecule has 0 aliphatic carbocycles. The number of rotatable bonds is 5. The highest BCUT2D eigenvalue weighted by atomic mass is 16.5. The summed E-state index contributed by atoms with van der Waals surface area (Å²) >= 11 is 0. The number of hydrogen-bond acceptors (Lipinski definition) is 4. The van der Waals surface area contributed by atoms with Crippen LogP contribution in [-0.4, -0.2) is 39.3 Å². The Morgan fingerprint density at radius 2 is 1.93 bits per heavy atom. The number of hydrogen-bond donors (Lipinski definition) is 1. The van der Waals surface area contributed by atoms with Crippen molar-refractivity contribution in [3.63, 3.8) is 0 Å². The van der Waals surface area contributed by atoms with E-state index in [4.69, 9.17) is 4.74 Å². The highest BCUT2D eigenvalue weighted by Gasteiger charge is 2.19. The van der Waals surface area contributed by atoms with E-state index in [0.29, 0.717) is 18.7 Å². The van der Waals surface area contributed by atoms with E-state index in [9.17, 15) is 9.59 Å². The lowest BCUT2D eigenvalue weighted by Gasteiger charge is -2.23. The molecule has 7 nitrogen and oxygen atoms in total. The van der Waals surface area contributed by atoms with Crippen LogP contribution in [0.3, 0.4) is 0 Å². The van der Waals surface area contributed by atoms with Gasteiger partial charge in [-0.3, -0.25) is 14.0 Å². The van der Waals surface area contributed by atoms with Crippen molar-refractivity contribution < 1.29 is 9.53 Å². The van der Waals surface area contributed by atoms with Crippen molar-refractivity contribution in [2.45, 2.75) is 45.2 Å². The van der Waals surface area contributed by atoms with Crippen LogP contribution in [0.25, 0.3) is 16.6 Å². The largest absolute Gasteiger partial charge is 0.381 e. The highest BCUT2D eigenvalue weighted by Crippen LogP contribution is 2.23. The Kier molecular flexibility index (Phi) is 5.49. The number of carbonyl (C=O) groups excluding carboxylic acids is 1. The van der Waals surface area contributed by atoms with Crippen molar-refractivity contribution in [3.05, 3.63) is 58.8 Å². The molecule has 0 saturated carbocycles. The first-order valence-electron chi connectivity index (χ1n) is 10.1.